The number of hydrogen-bond acceptors (Lipinski definition) is 4. The number of Topliss-reactive ketones (excluding diaryl/α,β-unsaturated/α-hetero) is 1. The molecule has 1 saturated carbocycles. The molecule has 1 amide bonds. The summed E-state index contributed by atoms with van der Waals surface area (Å²) in [5, 5.41) is 3.97. The van der Waals surface area contributed by atoms with E-state index in [2.05, 4.69) is 15.0 Å². The number of ether oxygens (including phenoxy) is 1. The summed E-state index contributed by atoms with van der Waals surface area (Å²) in [6.45, 7) is 0. The number of aromatic nitrogens is 1. The molecule has 0 unspecified atom stereocenters. The van der Waals surface area contributed by atoms with Crippen molar-refractivity contribution in [2.75, 3.05) is 12.4 Å². The highest BCUT2D eigenvalue weighted by atomic mass is 35.5. The number of hydrogen-bond donors (Lipinski definition) is 2. The molecule has 1 heterocycles. The molecule has 0 spiro atoms. The largest absolute Gasteiger partial charge is 0.463 e. The van der Waals surface area contributed by atoms with Crippen LogP contribution in [-0.4, -0.2) is 29.8 Å². The average molecular weight is 439 g/mol. The van der Waals surface area contributed by atoms with Crippen LogP contribution in [0.3, 0.4) is 0 Å². The van der Waals surface area contributed by atoms with Gasteiger partial charge in [-0.2, -0.15) is 0 Å². The molecule has 1 aromatic heterocycles. The smallest absolute Gasteiger partial charge is 0.379 e. The summed E-state index contributed by atoms with van der Waals surface area (Å²) in [4.78, 5) is 40.7. The lowest BCUT2D eigenvalue weighted by atomic mass is 9.88. The van der Waals surface area contributed by atoms with Crippen molar-refractivity contribution in [2.45, 2.75) is 32.1 Å². The number of H-pyrrole nitrogens is 1. The fraction of sp³-hybridized carbons (Fsp3) is 0.292. The van der Waals surface area contributed by atoms with Crippen molar-refractivity contribution in [1.29, 1.82) is 0 Å². The zero-order valence-corrected chi connectivity index (χ0v) is 17.9. The molecule has 0 radical (unpaired) electrons. The van der Waals surface area contributed by atoms with Crippen molar-refractivity contribution in [1.82, 2.24) is 4.98 Å². The Morgan fingerprint density at radius 1 is 1.06 bits per heavy atom. The molecule has 4 rings (SSSR count). The van der Waals surface area contributed by atoms with Crippen molar-refractivity contribution in [3.8, 4) is 11.3 Å². The Bertz CT molecular complexity index is 1160. The van der Waals surface area contributed by atoms with Crippen LogP contribution in [0.5, 0.6) is 0 Å². The van der Waals surface area contributed by atoms with Gasteiger partial charge in [0.1, 0.15) is 0 Å². The maximum atomic E-state index is 12.8. The lowest BCUT2D eigenvalue weighted by molar-refractivity contribution is -0.135. The van der Waals surface area contributed by atoms with Gasteiger partial charge >= 0.3 is 5.97 Å². The highest BCUT2D eigenvalue weighted by Crippen LogP contribution is 2.35. The quantitative estimate of drug-likeness (QED) is 0.318. The topological polar surface area (TPSA) is 88.3 Å². The Kier molecular flexibility index (Phi) is 6.09. The van der Waals surface area contributed by atoms with Crippen LogP contribution in [0.15, 0.2) is 42.5 Å². The average Bonchev–Trinajstić information content (AvgIpc) is 3.19. The predicted molar refractivity (Wildman–Crippen MR) is 120 cm³/mol. The van der Waals surface area contributed by atoms with Crippen molar-refractivity contribution in [3.63, 3.8) is 0 Å². The minimum Gasteiger partial charge on any atom is -0.463 e. The summed E-state index contributed by atoms with van der Waals surface area (Å²) in [5.41, 5.74) is 2.53. The number of methoxy groups -OCH3 is 1. The summed E-state index contributed by atoms with van der Waals surface area (Å²) >= 11 is 6.35. The number of benzene rings is 2. The van der Waals surface area contributed by atoms with E-state index >= 15 is 0 Å². The van der Waals surface area contributed by atoms with Gasteiger partial charge in [0.2, 0.25) is 5.91 Å². The number of fused-ring (bicyclic) bond motifs is 1. The first kappa shape index (κ1) is 21.1. The van der Waals surface area contributed by atoms with E-state index in [1.54, 1.807) is 30.3 Å². The van der Waals surface area contributed by atoms with E-state index in [0.29, 0.717) is 32.9 Å². The summed E-state index contributed by atoms with van der Waals surface area (Å²) in [6.07, 6.45) is 5.03. The Balaban J connectivity index is 1.74. The number of amides is 1. The molecule has 1 fully saturated rings. The lowest BCUT2D eigenvalue weighted by Gasteiger charge is -2.21. The van der Waals surface area contributed by atoms with Gasteiger partial charge in [0.15, 0.2) is 0 Å². The van der Waals surface area contributed by atoms with E-state index in [-0.39, 0.29) is 17.4 Å². The molecule has 160 valence electrons. The van der Waals surface area contributed by atoms with Gasteiger partial charge in [0.25, 0.3) is 5.78 Å². The number of esters is 1. The van der Waals surface area contributed by atoms with Gasteiger partial charge < -0.3 is 15.0 Å². The zero-order chi connectivity index (χ0) is 22.0. The molecule has 0 bridgehead atoms. The van der Waals surface area contributed by atoms with E-state index < -0.39 is 11.8 Å². The Morgan fingerprint density at radius 2 is 1.81 bits per heavy atom. The lowest BCUT2D eigenvalue weighted by Crippen LogP contribution is -2.24. The summed E-state index contributed by atoms with van der Waals surface area (Å²) in [6, 6.07) is 12.4. The van der Waals surface area contributed by atoms with Crippen molar-refractivity contribution in [3.05, 3.63) is 53.1 Å². The zero-order valence-electron chi connectivity index (χ0n) is 17.2. The molecule has 2 aromatic carbocycles. The number of halogens is 1. The second-order valence-electron chi connectivity index (χ2n) is 7.76. The minimum atomic E-state index is -0.939. The fourth-order valence-electron chi connectivity index (χ4n) is 4.17. The SMILES string of the molecule is COC(=O)C(=O)c1c(-c2ccc(Cl)c(NC(=O)C3CCCCC3)c2)[nH]c2ccccc12. The normalized spacial score (nSPS) is 14.4. The van der Waals surface area contributed by atoms with Crippen LogP contribution in [0.2, 0.25) is 5.02 Å². The molecule has 2 N–H and O–H groups in total. The molecule has 31 heavy (non-hydrogen) atoms. The Labute approximate surface area is 184 Å². The Hall–Kier alpha value is -3.12. The molecular weight excluding hydrogens is 416 g/mol. The van der Waals surface area contributed by atoms with Crippen LogP contribution in [0.25, 0.3) is 22.2 Å². The number of rotatable bonds is 5. The fourth-order valence-corrected chi connectivity index (χ4v) is 4.33. The molecule has 6 nitrogen and oxygen atoms in total. The van der Waals surface area contributed by atoms with E-state index in [1.165, 1.54) is 7.11 Å². The number of para-hydroxylation sites is 1. The summed E-state index contributed by atoms with van der Waals surface area (Å²) in [7, 11) is 1.18. The van der Waals surface area contributed by atoms with Gasteiger partial charge in [0, 0.05) is 22.4 Å². The van der Waals surface area contributed by atoms with Gasteiger partial charge in [-0.15, -0.1) is 0 Å². The van der Waals surface area contributed by atoms with Gasteiger partial charge in [-0.1, -0.05) is 55.1 Å². The van der Waals surface area contributed by atoms with Gasteiger partial charge in [0.05, 0.1) is 29.1 Å². The highest BCUT2D eigenvalue weighted by Gasteiger charge is 2.26. The maximum absolute atomic E-state index is 12.8. The second kappa shape index (κ2) is 8.94. The van der Waals surface area contributed by atoms with E-state index in [1.807, 2.05) is 12.1 Å². The summed E-state index contributed by atoms with van der Waals surface area (Å²) in [5.74, 6) is -1.73. The van der Waals surface area contributed by atoms with Crippen LogP contribution in [-0.2, 0) is 14.3 Å². The molecule has 0 aliphatic heterocycles. The highest BCUT2D eigenvalue weighted by molar-refractivity contribution is 6.44. The third-order valence-corrected chi connectivity index (χ3v) is 6.12. The molecule has 7 heteroatoms. The van der Waals surface area contributed by atoms with Gasteiger partial charge in [-0.05, 0) is 31.0 Å². The molecule has 1 aliphatic carbocycles. The van der Waals surface area contributed by atoms with Crippen molar-refractivity contribution >= 4 is 45.9 Å². The van der Waals surface area contributed by atoms with Gasteiger partial charge in [-0.3, -0.25) is 9.59 Å². The molecule has 0 atom stereocenters. The number of carbonyl (C=O) groups excluding carboxylic acids is 3. The second-order valence-corrected chi connectivity index (χ2v) is 8.17. The van der Waals surface area contributed by atoms with Crippen molar-refractivity contribution in [2.24, 2.45) is 5.92 Å². The van der Waals surface area contributed by atoms with Crippen LogP contribution in [0, 0.1) is 5.92 Å². The van der Waals surface area contributed by atoms with E-state index in [9.17, 15) is 14.4 Å². The standard InChI is InChI=1S/C24H23ClN2O4/c1-31-24(30)22(28)20-16-9-5-6-10-18(16)26-21(20)15-11-12-17(25)19(13-15)27-23(29)14-7-3-2-4-8-14/h5-6,9-14,26H,2-4,7-8H2,1H3,(H,27,29). The summed E-state index contributed by atoms with van der Waals surface area (Å²) < 4.78 is 4.66. The van der Waals surface area contributed by atoms with Gasteiger partial charge in [-0.25, -0.2) is 4.79 Å². The third kappa shape index (κ3) is 4.21. The van der Waals surface area contributed by atoms with Crippen LogP contribution < -0.4 is 5.32 Å². The minimum absolute atomic E-state index is 0.0157. The van der Waals surface area contributed by atoms with Crippen LogP contribution in [0.1, 0.15) is 42.5 Å². The van der Waals surface area contributed by atoms with Crippen LogP contribution in [0.4, 0.5) is 5.69 Å². The Morgan fingerprint density at radius 3 is 2.55 bits per heavy atom. The predicted octanol–water partition coefficient (Wildman–Crippen LogP) is 5.36. The van der Waals surface area contributed by atoms with Crippen LogP contribution >= 0.6 is 11.6 Å². The molecule has 0 saturated heterocycles. The maximum Gasteiger partial charge on any atom is 0.379 e. The van der Waals surface area contributed by atoms with E-state index in [4.69, 9.17) is 11.6 Å². The number of anilines is 1. The number of nitrogens with one attached hydrogen (secondary N) is 2. The first-order valence-corrected chi connectivity index (χ1v) is 10.7. The monoisotopic (exact) mass is 438 g/mol. The first-order valence-electron chi connectivity index (χ1n) is 10.3. The number of ketones is 1. The molecule has 1 aliphatic rings. The first-order chi connectivity index (χ1) is 15.0. The van der Waals surface area contributed by atoms with E-state index in [0.717, 1.165) is 32.1 Å². The van der Waals surface area contributed by atoms with Crippen molar-refractivity contribution < 1.29 is 19.1 Å². The molecule has 3 aromatic rings. The number of carbonyl (C=O) groups is 3. The number of aromatic amines is 1. The third-order valence-electron chi connectivity index (χ3n) is 5.79. The molecular formula is C24H23ClN2O4.